The van der Waals surface area contributed by atoms with E-state index >= 15 is 0 Å². The molecule has 4 rings (SSSR count). The Kier molecular flexibility index (Phi) is 3.22. The van der Waals surface area contributed by atoms with Gasteiger partial charge in [-0.1, -0.05) is 24.8 Å². The summed E-state index contributed by atoms with van der Waals surface area (Å²) in [6.07, 6.45) is 4.70. The maximum atomic E-state index is 5.72. The van der Waals surface area contributed by atoms with Gasteiger partial charge in [0.1, 0.15) is 17.8 Å². The minimum Gasteiger partial charge on any atom is -0.467 e. The second-order valence-electron chi connectivity index (χ2n) is 5.35. The SMILES string of the molecule is CC[C@@H]1CSC2=N[C@@H](c3ccccn3)[C@H](c3ccco3)N21. The molecule has 21 heavy (non-hydrogen) atoms. The van der Waals surface area contributed by atoms with Crippen LogP contribution in [-0.4, -0.2) is 26.8 Å². The summed E-state index contributed by atoms with van der Waals surface area (Å²) in [6.45, 7) is 2.24. The Balaban J connectivity index is 1.78. The molecule has 0 N–H and O–H groups in total. The first-order chi connectivity index (χ1) is 10.4. The minimum absolute atomic E-state index is 0.0224. The van der Waals surface area contributed by atoms with Crippen LogP contribution in [-0.2, 0) is 0 Å². The molecule has 2 aromatic heterocycles. The normalized spacial score (nSPS) is 27.8. The van der Waals surface area contributed by atoms with Crippen molar-refractivity contribution in [2.45, 2.75) is 31.5 Å². The molecule has 2 aromatic rings. The Morgan fingerprint density at radius 1 is 1.33 bits per heavy atom. The third-order valence-electron chi connectivity index (χ3n) is 4.16. The average molecular weight is 299 g/mol. The van der Waals surface area contributed by atoms with Gasteiger partial charge in [-0.3, -0.25) is 4.98 Å². The number of fused-ring (bicyclic) bond motifs is 1. The first kappa shape index (κ1) is 13.0. The van der Waals surface area contributed by atoms with Crippen molar-refractivity contribution in [3.8, 4) is 0 Å². The number of thioether (sulfide) groups is 1. The van der Waals surface area contributed by atoms with Gasteiger partial charge in [-0.05, 0) is 30.7 Å². The van der Waals surface area contributed by atoms with Gasteiger partial charge >= 0.3 is 0 Å². The second kappa shape index (κ2) is 5.22. The van der Waals surface area contributed by atoms with E-state index in [-0.39, 0.29) is 12.1 Å². The second-order valence-corrected chi connectivity index (χ2v) is 6.34. The summed E-state index contributed by atoms with van der Waals surface area (Å²) in [4.78, 5) is 11.9. The standard InChI is InChI=1S/C16H17N3OS/c1-2-11-10-21-16-18-14(12-6-3-4-8-17-12)15(19(11)16)13-7-5-9-20-13/h3-9,11,14-15H,2,10H2,1H3/t11-,14+,15+/m1/s1. The molecule has 0 saturated carbocycles. The van der Waals surface area contributed by atoms with Crippen LogP contribution in [0.1, 0.15) is 36.9 Å². The lowest BCUT2D eigenvalue weighted by Gasteiger charge is -2.29. The summed E-state index contributed by atoms with van der Waals surface area (Å²) < 4.78 is 5.72. The average Bonchev–Trinajstić information content (AvgIpc) is 3.23. The Bertz CT molecular complexity index is 641. The molecule has 1 fully saturated rings. The third-order valence-corrected chi connectivity index (χ3v) is 5.29. The molecule has 0 aromatic carbocycles. The molecular weight excluding hydrogens is 282 g/mol. The Morgan fingerprint density at radius 3 is 3.00 bits per heavy atom. The van der Waals surface area contributed by atoms with E-state index in [2.05, 4.69) is 28.9 Å². The van der Waals surface area contributed by atoms with E-state index in [4.69, 9.17) is 9.41 Å². The summed E-state index contributed by atoms with van der Waals surface area (Å²) in [5.74, 6) is 2.09. The lowest BCUT2D eigenvalue weighted by Crippen LogP contribution is -2.35. The summed E-state index contributed by atoms with van der Waals surface area (Å²) >= 11 is 1.85. The molecule has 108 valence electrons. The zero-order valence-corrected chi connectivity index (χ0v) is 12.7. The van der Waals surface area contributed by atoms with Gasteiger partial charge in [0.15, 0.2) is 5.17 Å². The molecule has 4 heterocycles. The number of nitrogens with zero attached hydrogens (tertiary/aromatic N) is 3. The van der Waals surface area contributed by atoms with Gasteiger partial charge in [0.25, 0.3) is 0 Å². The van der Waals surface area contributed by atoms with E-state index in [0.717, 1.165) is 28.8 Å². The quantitative estimate of drug-likeness (QED) is 0.867. The van der Waals surface area contributed by atoms with Crippen molar-refractivity contribution in [1.82, 2.24) is 9.88 Å². The van der Waals surface area contributed by atoms with Gasteiger partial charge in [-0.25, -0.2) is 4.99 Å². The highest BCUT2D eigenvalue weighted by Crippen LogP contribution is 2.48. The summed E-state index contributed by atoms with van der Waals surface area (Å²) in [6, 6.07) is 10.7. The number of pyridine rings is 1. The van der Waals surface area contributed by atoms with Gasteiger partial charge in [0.05, 0.1) is 12.0 Å². The van der Waals surface area contributed by atoms with Crippen molar-refractivity contribution in [1.29, 1.82) is 0 Å². The Morgan fingerprint density at radius 2 is 2.29 bits per heavy atom. The van der Waals surface area contributed by atoms with Crippen LogP contribution in [0.2, 0.25) is 0 Å². The first-order valence-electron chi connectivity index (χ1n) is 7.31. The van der Waals surface area contributed by atoms with Crippen LogP contribution in [0.4, 0.5) is 0 Å². The molecule has 0 aliphatic carbocycles. The fourth-order valence-electron chi connectivity index (χ4n) is 3.12. The summed E-state index contributed by atoms with van der Waals surface area (Å²) in [7, 11) is 0. The lowest BCUT2D eigenvalue weighted by molar-refractivity contribution is 0.225. The molecule has 0 amide bonds. The molecular formula is C16H17N3OS. The van der Waals surface area contributed by atoms with E-state index in [9.17, 15) is 0 Å². The van der Waals surface area contributed by atoms with Crippen LogP contribution in [0.15, 0.2) is 52.2 Å². The number of amidine groups is 1. The molecule has 2 aliphatic heterocycles. The maximum Gasteiger partial charge on any atom is 0.161 e. The van der Waals surface area contributed by atoms with Crippen LogP contribution in [0, 0.1) is 0 Å². The number of hydrogen-bond acceptors (Lipinski definition) is 5. The smallest absolute Gasteiger partial charge is 0.161 e. The van der Waals surface area contributed by atoms with Crippen molar-refractivity contribution in [2.24, 2.45) is 4.99 Å². The highest BCUT2D eigenvalue weighted by Gasteiger charge is 2.46. The van der Waals surface area contributed by atoms with Crippen LogP contribution in [0.5, 0.6) is 0 Å². The van der Waals surface area contributed by atoms with E-state index < -0.39 is 0 Å². The van der Waals surface area contributed by atoms with Gasteiger partial charge in [0.2, 0.25) is 0 Å². The maximum absolute atomic E-state index is 5.72. The van der Waals surface area contributed by atoms with Crippen LogP contribution in [0.3, 0.4) is 0 Å². The highest BCUT2D eigenvalue weighted by atomic mass is 32.2. The fraction of sp³-hybridized carbons (Fsp3) is 0.375. The summed E-state index contributed by atoms with van der Waals surface area (Å²) in [5.41, 5.74) is 1.01. The zero-order valence-electron chi connectivity index (χ0n) is 11.8. The van der Waals surface area contributed by atoms with E-state index in [1.165, 1.54) is 0 Å². The predicted molar refractivity (Wildman–Crippen MR) is 84.2 cm³/mol. The molecule has 2 aliphatic rings. The van der Waals surface area contributed by atoms with Gasteiger partial charge in [0, 0.05) is 18.0 Å². The van der Waals surface area contributed by atoms with Crippen molar-refractivity contribution in [3.05, 3.63) is 54.2 Å². The molecule has 0 radical (unpaired) electrons. The molecule has 1 saturated heterocycles. The van der Waals surface area contributed by atoms with Crippen molar-refractivity contribution < 1.29 is 4.42 Å². The first-order valence-corrected chi connectivity index (χ1v) is 8.30. The molecule has 5 heteroatoms. The molecule has 0 unspecified atom stereocenters. The topological polar surface area (TPSA) is 41.6 Å². The third kappa shape index (κ3) is 2.07. The van der Waals surface area contributed by atoms with Crippen LogP contribution in [0.25, 0.3) is 0 Å². The van der Waals surface area contributed by atoms with Crippen LogP contribution >= 0.6 is 11.8 Å². The van der Waals surface area contributed by atoms with E-state index in [1.807, 2.05) is 36.2 Å². The number of aromatic nitrogens is 1. The van der Waals surface area contributed by atoms with Gasteiger partial charge in [-0.2, -0.15) is 0 Å². The summed E-state index contributed by atoms with van der Waals surface area (Å²) in [5, 5.41) is 1.14. The molecule has 4 nitrogen and oxygen atoms in total. The molecule has 0 spiro atoms. The van der Waals surface area contributed by atoms with E-state index in [0.29, 0.717) is 6.04 Å². The predicted octanol–water partition coefficient (Wildman–Crippen LogP) is 3.65. The Hall–Kier alpha value is -1.75. The monoisotopic (exact) mass is 299 g/mol. The lowest BCUT2D eigenvalue weighted by atomic mass is 10.0. The number of aliphatic imine (C=N–C) groups is 1. The number of furan rings is 1. The van der Waals surface area contributed by atoms with Crippen molar-refractivity contribution in [2.75, 3.05) is 5.75 Å². The highest BCUT2D eigenvalue weighted by molar-refractivity contribution is 8.14. The minimum atomic E-state index is 0.0224. The zero-order chi connectivity index (χ0) is 14.2. The molecule has 0 bridgehead atoms. The van der Waals surface area contributed by atoms with Gasteiger partial charge in [-0.15, -0.1) is 0 Å². The number of rotatable bonds is 3. The van der Waals surface area contributed by atoms with Crippen LogP contribution < -0.4 is 0 Å². The van der Waals surface area contributed by atoms with Crippen molar-refractivity contribution >= 4 is 16.9 Å². The van der Waals surface area contributed by atoms with E-state index in [1.54, 1.807) is 6.26 Å². The largest absolute Gasteiger partial charge is 0.467 e. The Labute approximate surface area is 128 Å². The van der Waals surface area contributed by atoms with Gasteiger partial charge < -0.3 is 9.32 Å². The number of hydrogen-bond donors (Lipinski definition) is 0. The fourth-order valence-corrected chi connectivity index (χ4v) is 4.46. The molecule has 3 atom stereocenters. The van der Waals surface area contributed by atoms with Crippen molar-refractivity contribution in [3.63, 3.8) is 0 Å².